The quantitative estimate of drug-likeness (QED) is 0.451. The molecule has 1 aromatic carbocycles. The molecule has 0 spiro atoms. The van der Waals surface area contributed by atoms with Gasteiger partial charge in [-0.15, -0.1) is 0 Å². The summed E-state index contributed by atoms with van der Waals surface area (Å²) in [4.78, 5) is 5.46. The highest BCUT2D eigenvalue weighted by atomic mass is 16.6. The fourth-order valence-electron chi connectivity index (χ4n) is 3.13. The van der Waals surface area contributed by atoms with Crippen molar-refractivity contribution >= 4 is 11.8 Å². The molecule has 0 saturated heterocycles. The number of nitrogens with one attached hydrogen (secondary N) is 1. The summed E-state index contributed by atoms with van der Waals surface area (Å²) in [7, 11) is 0. The van der Waals surface area contributed by atoms with Gasteiger partial charge in [0.1, 0.15) is 12.7 Å². The molecular formula is C22H34N2O2. The molecule has 0 radical (unpaired) electrons. The van der Waals surface area contributed by atoms with Gasteiger partial charge in [0.05, 0.1) is 5.71 Å². The van der Waals surface area contributed by atoms with Crippen molar-refractivity contribution in [2.75, 3.05) is 19.7 Å². The van der Waals surface area contributed by atoms with Crippen LogP contribution in [-0.2, 0) is 4.84 Å². The minimum Gasteiger partial charge on any atom is -0.393 e. The van der Waals surface area contributed by atoms with Gasteiger partial charge in [-0.3, -0.25) is 0 Å². The maximum absolute atomic E-state index is 10.0. The van der Waals surface area contributed by atoms with Crippen LogP contribution in [0.5, 0.6) is 0 Å². The van der Waals surface area contributed by atoms with Crippen molar-refractivity contribution in [3.63, 3.8) is 0 Å². The number of rotatable bonds is 11. The average molecular weight is 359 g/mol. The lowest BCUT2D eigenvalue weighted by Gasteiger charge is -2.17. The van der Waals surface area contributed by atoms with Gasteiger partial charge in [-0.2, -0.15) is 0 Å². The highest BCUT2D eigenvalue weighted by molar-refractivity contribution is 6.03. The first-order valence-electron chi connectivity index (χ1n) is 10.1. The molecule has 0 aromatic heterocycles. The third-order valence-electron chi connectivity index (χ3n) is 4.65. The minimum absolute atomic E-state index is 0.240. The molecule has 26 heavy (non-hydrogen) atoms. The Bertz CT molecular complexity index is 555. The third kappa shape index (κ3) is 8.15. The standard InChI is InChI=1S/C22H34N2O2/c1-2-3-4-10-15-23-17-21(25)18-26-24-22-14-9-8-13-20(22)16-19-11-6-5-7-12-19/h5-7,11-12,16,21,23,25H,2-4,8-10,13-15,17-18H2,1H3/b20-16+,24-22+. The number of unbranched alkanes of at least 4 members (excludes halogenated alkanes) is 3. The van der Waals surface area contributed by atoms with Gasteiger partial charge in [0.15, 0.2) is 0 Å². The van der Waals surface area contributed by atoms with Crippen molar-refractivity contribution in [3.05, 3.63) is 41.5 Å². The van der Waals surface area contributed by atoms with E-state index in [0.717, 1.165) is 37.9 Å². The first-order valence-corrected chi connectivity index (χ1v) is 10.1. The Morgan fingerprint density at radius 3 is 2.77 bits per heavy atom. The maximum Gasteiger partial charge on any atom is 0.144 e. The number of aliphatic hydroxyl groups excluding tert-OH is 1. The SMILES string of the molecule is CCCCCCNCC(O)CO/N=C1\CCCC\C1=C/c1ccccc1. The average Bonchev–Trinajstić information content (AvgIpc) is 2.67. The van der Waals surface area contributed by atoms with E-state index in [0.29, 0.717) is 6.54 Å². The summed E-state index contributed by atoms with van der Waals surface area (Å²) in [5, 5.41) is 17.6. The van der Waals surface area contributed by atoms with E-state index in [2.05, 4.69) is 35.6 Å². The van der Waals surface area contributed by atoms with Crippen molar-refractivity contribution in [1.82, 2.24) is 5.32 Å². The van der Waals surface area contributed by atoms with Crippen LogP contribution in [0.4, 0.5) is 0 Å². The number of hydrogen-bond donors (Lipinski definition) is 2. The lowest BCUT2D eigenvalue weighted by Crippen LogP contribution is -2.30. The van der Waals surface area contributed by atoms with Crippen LogP contribution in [0.1, 0.15) is 63.9 Å². The van der Waals surface area contributed by atoms with Crippen LogP contribution in [0.25, 0.3) is 6.08 Å². The summed E-state index contributed by atoms with van der Waals surface area (Å²) in [5.74, 6) is 0. The normalized spacial score (nSPS) is 19.0. The molecular weight excluding hydrogens is 324 g/mol. The van der Waals surface area contributed by atoms with Gasteiger partial charge in [-0.25, -0.2) is 0 Å². The topological polar surface area (TPSA) is 53.8 Å². The molecule has 2 rings (SSSR count). The molecule has 144 valence electrons. The number of hydrogen-bond acceptors (Lipinski definition) is 4. The molecule has 1 aliphatic rings. The van der Waals surface area contributed by atoms with E-state index >= 15 is 0 Å². The van der Waals surface area contributed by atoms with E-state index in [-0.39, 0.29) is 6.61 Å². The second-order valence-corrected chi connectivity index (χ2v) is 7.04. The monoisotopic (exact) mass is 358 g/mol. The minimum atomic E-state index is -0.518. The predicted molar refractivity (Wildman–Crippen MR) is 109 cm³/mol. The first kappa shape index (κ1) is 20.7. The molecule has 1 saturated carbocycles. The molecule has 0 amide bonds. The fourth-order valence-corrected chi connectivity index (χ4v) is 3.13. The molecule has 0 aliphatic heterocycles. The zero-order valence-corrected chi connectivity index (χ0v) is 16.1. The van der Waals surface area contributed by atoms with Gasteiger partial charge in [0.2, 0.25) is 0 Å². The smallest absolute Gasteiger partial charge is 0.144 e. The molecule has 1 fully saturated rings. The van der Waals surface area contributed by atoms with E-state index in [1.807, 2.05) is 18.2 Å². The van der Waals surface area contributed by atoms with Crippen LogP contribution in [-0.4, -0.2) is 36.6 Å². The molecule has 4 nitrogen and oxygen atoms in total. The Hall–Kier alpha value is -1.65. The van der Waals surface area contributed by atoms with Gasteiger partial charge < -0.3 is 15.3 Å². The van der Waals surface area contributed by atoms with Crippen molar-refractivity contribution in [2.45, 2.75) is 64.4 Å². The maximum atomic E-state index is 10.0. The lowest BCUT2D eigenvalue weighted by atomic mass is 9.91. The summed E-state index contributed by atoms with van der Waals surface area (Å²) >= 11 is 0. The molecule has 1 aromatic rings. The number of nitrogens with zero attached hydrogens (tertiary/aromatic N) is 1. The van der Waals surface area contributed by atoms with Gasteiger partial charge >= 0.3 is 0 Å². The lowest BCUT2D eigenvalue weighted by molar-refractivity contribution is 0.0401. The summed E-state index contributed by atoms with van der Waals surface area (Å²) in [6, 6.07) is 10.3. The highest BCUT2D eigenvalue weighted by Gasteiger charge is 2.14. The molecule has 2 N–H and O–H groups in total. The Labute approximate surface area is 158 Å². The number of oxime groups is 1. The molecule has 4 heteroatoms. The Kier molecular flexibility index (Phi) is 10.1. The zero-order valence-electron chi connectivity index (χ0n) is 16.1. The van der Waals surface area contributed by atoms with Gasteiger partial charge in [0.25, 0.3) is 0 Å². The van der Waals surface area contributed by atoms with Crippen molar-refractivity contribution in [1.29, 1.82) is 0 Å². The zero-order chi connectivity index (χ0) is 18.5. The van der Waals surface area contributed by atoms with Crippen molar-refractivity contribution in [2.24, 2.45) is 5.16 Å². The van der Waals surface area contributed by atoms with Crippen LogP contribution in [0.15, 0.2) is 41.1 Å². The molecule has 0 bridgehead atoms. The van der Waals surface area contributed by atoms with E-state index in [1.54, 1.807) is 0 Å². The van der Waals surface area contributed by atoms with Gasteiger partial charge in [0, 0.05) is 6.54 Å². The van der Waals surface area contributed by atoms with Crippen LogP contribution >= 0.6 is 0 Å². The fraction of sp³-hybridized carbons (Fsp3) is 0.591. The van der Waals surface area contributed by atoms with E-state index in [1.165, 1.54) is 36.8 Å². The van der Waals surface area contributed by atoms with Crippen LogP contribution in [0.3, 0.4) is 0 Å². The number of allylic oxidation sites excluding steroid dienone is 1. The van der Waals surface area contributed by atoms with E-state index in [9.17, 15) is 5.11 Å². The van der Waals surface area contributed by atoms with Crippen LogP contribution in [0, 0.1) is 0 Å². The van der Waals surface area contributed by atoms with Crippen LogP contribution < -0.4 is 5.32 Å². The highest BCUT2D eigenvalue weighted by Crippen LogP contribution is 2.23. The molecule has 1 atom stereocenters. The summed E-state index contributed by atoms with van der Waals surface area (Å²) in [6.07, 6.45) is 11.0. The summed E-state index contributed by atoms with van der Waals surface area (Å²) in [6.45, 7) is 3.96. The van der Waals surface area contributed by atoms with Gasteiger partial charge in [-0.1, -0.05) is 61.7 Å². The second kappa shape index (κ2) is 12.7. The summed E-state index contributed by atoms with van der Waals surface area (Å²) in [5.41, 5.74) is 3.48. The largest absolute Gasteiger partial charge is 0.393 e. The number of aliphatic hydroxyl groups is 1. The second-order valence-electron chi connectivity index (χ2n) is 7.04. The van der Waals surface area contributed by atoms with Crippen molar-refractivity contribution < 1.29 is 9.94 Å². The van der Waals surface area contributed by atoms with Crippen molar-refractivity contribution in [3.8, 4) is 0 Å². The third-order valence-corrected chi connectivity index (χ3v) is 4.65. The predicted octanol–water partition coefficient (Wildman–Crippen LogP) is 4.55. The Morgan fingerprint density at radius 2 is 1.96 bits per heavy atom. The van der Waals surface area contributed by atoms with E-state index < -0.39 is 6.10 Å². The Morgan fingerprint density at radius 1 is 1.15 bits per heavy atom. The van der Waals surface area contributed by atoms with Gasteiger partial charge in [-0.05, 0) is 55.9 Å². The van der Waals surface area contributed by atoms with E-state index in [4.69, 9.17) is 4.84 Å². The molecule has 1 aliphatic carbocycles. The number of benzene rings is 1. The van der Waals surface area contributed by atoms with Crippen LogP contribution in [0.2, 0.25) is 0 Å². The Balaban J connectivity index is 1.74. The first-order chi connectivity index (χ1) is 12.8. The molecule has 1 unspecified atom stereocenters. The summed E-state index contributed by atoms with van der Waals surface area (Å²) < 4.78 is 0. The molecule has 0 heterocycles.